The van der Waals surface area contributed by atoms with Gasteiger partial charge in [0.2, 0.25) is 0 Å². The van der Waals surface area contributed by atoms with Crippen LogP contribution in [0.15, 0.2) is 72.4 Å². The molecule has 3 rings (SSSR count). The van der Waals surface area contributed by atoms with E-state index in [2.05, 4.69) is 0 Å². The number of nitrogens with zero attached hydrogens (tertiary/aromatic N) is 2. The first kappa shape index (κ1) is 18.0. The number of halogens is 3. The molecule has 0 heterocycles. The Labute approximate surface area is 150 Å². The quantitative estimate of drug-likeness (QED) is 0.664. The Balaban J connectivity index is 2.15. The van der Waals surface area contributed by atoms with Crippen LogP contribution >= 0.6 is 0 Å². The summed E-state index contributed by atoms with van der Waals surface area (Å²) >= 11 is 0. The van der Waals surface area contributed by atoms with Gasteiger partial charge < -0.3 is 0 Å². The largest absolute Gasteiger partial charge is 0.473 e. The Morgan fingerprint density at radius 1 is 0.846 bits per heavy atom. The van der Waals surface area contributed by atoms with Crippen LogP contribution in [-0.4, -0.2) is 17.1 Å². The summed E-state index contributed by atoms with van der Waals surface area (Å²) in [6.45, 7) is 0. The minimum atomic E-state index is -4.97. The zero-order chi connectivity index (χ0) is 18.6. The molecule has 6 heteroatoms. The lowest BCUT2D eigenvalue weighted by molar-refractivity contribution is -0.183. The smallest absolute Gasteiger partial charge is 0.262 e. The number of para-hydroxylation sites is 2. The van der Waals surface area contributed by atoms with E-state index in [9.17, 15) is 18.0 Å². The SMILES string of the molecule is O=C(N(C1=CCCCC1)N(c1ccccc1)c1ccccc1)C(F)(F)F. The zero-order valence-corrected chi connectivity index (χ0v) is 14.1. The Morgan fingerprint density at radius 3 is 1.81 bits per heavy atom. The van der Waals surface area contributed by atoms with Crippen LogP contribution in [0.25, 0.3) is 0 Å². The van der Waals surface area contributed by atoms with Gasteiger partial charge in [0.05, 0.1) is 11.4 Å². The number of rotatable bonds is 4. The number of amides is 1. The van der Waals surface area contributed by atoms with Gasteiger partial charge in [-0.2, -0.15) is 13.2 Å². The van der Waals surface area contributed by atoms with E-state index in [0.717, 1.165) is 17.9 Å². The van der Waals surface area contributed by atoms with Crippen LogP contribution in [-0.2, 0) is 4.79 Å². The van der Waals surface area contributed by atoms with Crippen LogP contribution in [0.5, 0.6) is 0 Å². The number of allylic oxidation sites excluding steroid dienone is 2. The van der Waals surface area contributed by atoms with Gasteiger partial charge in [-0.25, -0.2) is 10.0 Å². The fourth-order valence-electron chi connectivity index (χ4n) is 3.00. The average Bonchev–Trinajstić information content (AvgIpc) is 2.67. The standard InChI is InChI=1S/C20H19F3N2O/c21-20(22,23)19(26)25(18-14-8-3-9-15-18)24(16-10-4-1-5-11-16)17-12-6-2-7-13-17/h1-2,4-7,10-14H,3,8-9,15H2. The predicted octanol–water partition coefficient (Wildman–Crippen LogP) is 5.59. The molecule has 3 nitrogen and oxygen atoms in total. The van der Waals surface area contributed by atoms with Crippen molar-refractivity contribution in [3.8, 4) is 0 Å². The molecule has 0 unspecified atom stereocenters. The third kappa shape index (κ3) is 3.90. The van der Waals surface area contributed by atoms with Crippen molar-refractivity contribution in [1.29, 1.82) is 0 Å². The van der Waals surface area contributed by atoms with Crippen LogP contribution in [0.4, 0.5) is 24.5 Å². The van der Waals surface area contributed by atoms with E-state index in [4.69, 9.17) is 0 Å². The zero-order valence-electron chi connectivity index (χ0n) is 14.1. The molecule has 0 N–H and O–H groups in total. The third-order valence-electron chi connectivity index (χ3n) is 4.18. The average molecular weight is 360 g/mol. The molecule has 0 saturated carbocycles. The summed E-state index contributed by atoms with van der Waals surface area (Å²) in [5.41, 5.74) is 1.36. The lowest BCUT2D eigenvalue weighted by atomic mass is 10.0. The minimum Gasteiger partial charge on any atom is -0.262 e. The summed E-state index contributed by atoms with van der Waals surface area (Å²) < 4.78 is 40.2. The molecule has 0 fully saturated rings. The second-order valence-corrected chi connectivity index (χ2v) is 6.04. The molecule has 0 spiro atoms. The van der Waals surface area contributed by atoms with Crippen molar-refractivity contribution < 1.29 is 18.0 Å². The maximum absolute atomic E-state index is 13.4. The summed E-state index contributed by atoms with van der Waals surface area (Å²) in [7, 11) is 0. The van der Waals surface area contributed by atoms with E-state index >= 15 is 0 Å². The van der Waals surface area contributed by atoms with Crippen molar-refractivity contribution in [2.24, 2.45) is 0 Å². The molecule has 136 valence electrons. The van der Waals surface area contributed by atoms with Gasteiger partial charge in [-0.05, 0) is 49.9 Å². The predicted molar refractivity (Wildman–Crippen MR) is 94.5 cm³/mol. The van der Waals surface area contributed by atoms with E-state index < -0.39 is 12.1 Å². The summed E-state index contributed by atoms with van der Waals surface area (Å²) in [4.78, 5) is 12.4. The summed E-state index contributed by atoms with van der Waals surface area (Å²) in [6, 6.07) is 17.2. The number of benzene rings is 2. The highest BCUT2D eigenvalue weighted by Crippen LogP contribution is 2.35. The van der Waals surface area contributed by atoms with Crippen LogP contribution in [0.2, 0.25) is 0 Å². The molecule has 1 amide bonds. The van der Waals surface area contributed by atoms with Gasteiger partial charge in [-0.1, -0.05) is 42.5 Å². The number of alkyl halides is 3. The highest BCUT2D eigenvalue weighted by atomic mass is 19.4. The monoisotopic (exact) mass is 360 g/mol. The maximum Gasteiger partial charge on any atom is 0.473 e. The fourth-order valence-corrected chi connectivity index (χ4v) is 3.00. The molecular formula is C20H19F3N2O. The Kier molecular flexibility index (Phi) is 5.30. The fraction of sp³-hybridized carbons (Fsp3) is 0.250. The van der Waals surface area contributed by atoms with Crippen LogP contribution in [0.1, 0.15) is 25.7 Å². The lowest BCUT2D eigenvalue weighted by Crippen LogP contribution is -2.49. The van der Waals surface area contributed by atoms with Crippen molar-refractivity contribution in [2.45, 2.75) is 31.9 Å². The molecule has 1 aliphatic carbocycles. The van der Waals surface area contributed by atoms with Crippen molar-refractivity contribution in [3.05, 3.63) is 72.4 Å². The molecule has 2 aromatic rings. The van der Waals surface area contributed by atoms with E-state index in [1.165, 1.54) is 5.01 Å². The number of hydrogen-bond acceptors (Lipinski definition) is 2. The molecular weight excluding hydrogens is 341 g/mol. The normalized spacial score (nSPS) is 14.5. The third-order valence-corrected chi connectivity index (χ3v) is 4.18. The second kappa shape index (κ2) is 7.64. The first-order chi connectivity index (χ1) is 12.5. The highest BCUT2D eigenvalue weighted by molar-refractivity contribution is 5.87. The van der Waals surface area contributed by atoms with E-state index in [-0.39, 0.29) is 0 Å². The Bertz CT molecular complexity index is 733. The molecule has 0 saturated heterocycles. The molecule has 0 bridgehead atoms. The van der Waals surface area contributed by atoms with Gasteiger partial charge in [0.15, 0.2) is 0 Å². The highest BCUT2D eigenvalue weighted by Gasteiger charge is 2.46. The molecule has 2 aromatic carbocycles. The summed E-state index contributed by atoms with van der Waals surface area (Å²) in [6.07, 6.45) is -0.488. The van der Waals surface area contributed by atoms with E-state index in [1.54, 1.807) is 66.7 Å². The number of hydrazine groups is 1. The van der Waals surface area contributed by atoms with E-state index in [1.807, 2.05) is 0 Å². The van der Waals surface area contributed by atoms with Crippen LogP contribution in [0, 0.1) is 0 Å². The Hall–Kier alpha value is -2.76. The van der Waals surface area contributed by atoms with Gasteiger partial charge in [0, 0.05) is 5.70 Å². The maximum atomic E-state index is 13.4. The minimum absolute atomic E-state index is 0.381. The molecule has 0 radical (unpaired) electrons. The first-order valence-electron chi connectivity index (χ1n) is 8.49. The second-order valence-electron chi connectivity index (χ2n) is 6.04. The van der Waals surface area contributed by atoms with Crippen molar-refractivity contribution in [2.75, 3.05) is 5.01 Å². The van der Waals surface area contributed by atoms with Gasteiger partial charge in [-0.3, -0.25) is 4.79 Å². The van der Waals surface area contributed by atoms with Crippen LogP contribution in [0.3, 0.4) is 0 Å². The van der Waals surface area contributed by atoms with Crippen LogP contribution < -0.4 is 5.01 Å². The topological polar surface area (TPSA) is 23.6 Å². The molecule has 0 aromatic heterocycles. The van der Waals surface area contributed by atoms with Crippen molar-refractivity contribution in [1.82, 2.24) is 5.01 Å². The Morgan fingerprint density at radius 2 is 1.38 bits per heavy atom. The van der Waals surface area contributed by atoms with Gasteiger partial charge >= 0.3 is 12.1 Å². The number of carbonyl (C=O) groups is 1. The summed E-state index contributed by atoms with van der Waals surface area (Å²) in [5, 5.41) is 2.12. The van der Waals surface area contributed by atoms with Gasteiger partial charge in [0.1, 0.15) is 0 Å². The molecule has 0 aliphatic heterocycles. The number of carbonyl (C=O) groups excluding carboxylic acids is 1. The van der Waals surface area contributed by atoms with E-state index in [0.29, 0.717) is 29.9 Å². The van der Waals surface area contributed by atoms with Gasteiger partial charge in [0.25, 0.3) is 0 Å². The van der Waals surface area contributed by atoms with Gasteiger partial charge in [-0.15, -0.1) is 0 Å². The molecule has 0 atom stereocenters. The first-order valence-corrected chi connectivity index (χ1v) is 8.49. The number of anilines is 2. The summed E-state index contributed by atoms with van der Waals surface area (Å²) in [5.74, 6) is -1.89. The molecule has 26 heavy (non-hydrogen) atoms. The lowest BCUT2D eigenvalue weighted by Gasteiger charge is -2.39. The molecule has 1 aliphatic rings. The van der Waals surface area contributed by atoms with Crippen molar-refractivity contribution in [3.63, 3.8) is 0 Å². The van der Waals surface area contributed by atoms with Crippen molar-refractivity contribution >= 4 is 17.3 Å². The number of hydrogen-bond donors (Lipinski definition) is 0.